The summed E-state index contributed by atoms with van der Waals surface area (Å²) in [5.74, 6) is 1.71. The molecule has 1 aromatic rings. The quantitative estimate of drug-likeness (QED) is 0.690. The van der Waals surface area contributed by atoms with E-state index in [1.54, 1.807) is 7.11 Å². The van der Waals surface area contributed by atoms with E-state index < -0.39 is 0 Å². The van der Waals surface area contributed by atoms with Gasteiger partial charge in [-0.1, -0.05) is 23.8 Å². The van der Waals surface area contributed by atoms with Gasteiger partial charge >= 0.3 is 0 Å². The summed E-state index contributed by atoms with van der Waals surface area (Å²) in [7, 11) is 1.65. The summed E-state index contributed by atoms with van der Waals surface area (Å²) in [5.41, 5.74) is 2.35. The minimum atomic E-state index is 0.189. The number of likely N-dealkylation sites (tertiary alicyclic amines) is 2. The van der Waals surface area contributed by atoms with Crippen LogP contribution in [0.15, 0.2) is 35.9 Å². The molecule has 0 unspecified atom stereocenters. The maximum atomic E-state index is 13.0. The lowest BCUT2D eigenvalue weighted by Gasteiger charge is -2.47. The standard InChI is InChI=1S/C25H34N2O3/c1-30-22-11-9-20(10-12-22)16-24(28)26-15-13-23-21(18-26)8-5-14-27(23)25(29)17-19-6-3-2-4-7-19/h6,9-12,21,23H,2-5,7-8,13-18H2,1H3/t21-,23+/m0/s1. The molecule has 0 spiro atoms. The zero-order valence-corrected chi connectivity index (χ0v) is 18.1. The molecule has 162 valence electrons. The van der Waals surface area contributed by atoms with Crippen molar-refractivity contribution in [2.45, 2.75) is 63.8 Å². The van der Waals surface area contributed by atoms with E-state index in [0.717, 1.165) is 63.1 Å². The number of carbonyl (C=O) groups is 2. The van der Waals surface area contributed by atoms with Crippen LogP contribution in [-0.2, 0) is 16.0 Å². The predicted octanol–water partition coefficient (Wildman–Crippen LogP) is 3.97. The normalized spacial score (nSPS) is 24.1. The van der Waals surface area contributed by atoms with Crippen molar-refractivity contribution in [3.8, 4) is 5.75 Å². The molecule has 2 heterocycles. The van der Waals surface area contributed by atoms with E-state index in [1.165, 1.54) is 18.4 Å². The molecule has 2 atom stereocenters. The Labute approximate surface area is 180 Å². The van der Waals surface area contributed by atoms with Crippen LogP contribution in [0, 0.1) is 5.92 Å². The first kappa shape index (κ1) is 21.0. The summed E-state index contributed by atoms with van der Waals surface area (Å²) in [5, 5.41) is 0. The van der Waals surface area contributed by atoms with Gasteiger partial charge in [-0.3, -0.25) is 9.59 Å². The van der Waals surface area contributed by atoms with Gasteiger partial charge in [-0.2, -0.15) is 0 Å². The molecule has 0 aromatic heterocycles. The fourth-order valence-corrected chi connectivity index (χ4v) is 5.33. The van der Waals surface area contributed by atoms with E-state index in [-0.39, 0.29) is 5.91 Å². The Kier molecular flexibility index (Phi) is 6.76. The molecule has 2 aliphatic heterocycles. The molecule has 0 saturated carbocycles. The average Bonchev–Trinajstić information content (AvgIpc) is 2.79. The topological polar surface area (TPSA) is 49.9 Å². The zero-order valence-electron chi connectivity index (χ0n) is 18.1. The largest absolute Gasteiger partial charge is 0.497 e. The number of hydrogen-bond acceptors (Lipinski definition) is 3. The molecular weight excluding hydrogens is 376 g/mol. The summed E-state index contributed by atoms with van der Waals surface area (Å²) >= 11 is 0. The lowest BCUT2D eigenvalue weighted by Crippen LogP contribution is -2.56. The molecule has 30 heavy (non-hydrogen) atoms. The van der Waals surface area contributed by atoms with Crippen LogP contribution in [0.4, 0.5) is 0 Å². The smallest absolute Gasteiger partial charge is 0.227 e. The number of rotatable bonds is 5. The van der Waals surface area contributed by atoms with E-state index in [1.807, 2.05) is 29.2 Å². The number of carbonyl (C=O) groups excluding carboxylic acids is 2. The maximum Gasteiger partial charge on any atom is 0.227 e. The minimum absolute atomic E-state index is 0.189. The van der Waals surface area contributed by atoms with Crippen molar-refractivity contribution in [2.75, 3.05) is 26.7 Å². The van der Waals surface area contributed by atoms with Crippen LogP contribution in [0.3, 0.4) is 0 Å². The number of allylic oxidation sites excluding steroid dienone is 1. The fraction of sp³-hybridized carbons (Fsp3) is 0.600. The molecule has 1 aromatic carbocycles. The lowest BCUT2D eigenvalue weighted by atomic mass is 9.83. The molecule has 1 aliphatic carbocycles. The summed E-state index contributed by atoms with van der Waals surface area (Å²) in [6.45, 7) is 2.42. The van der Waals surface area contributed by atoms with Gasteiger partial charge in [0.1, 0.15) is 5.75 Å². The molecule has 2 saturated heterocycles. The molecule has 0 bridgehead atoms. The maximum absolute atomic E-state index is 13.0. The summed E-state index contributed by atoms with van der Waals surface area (Å²) in [4.78, 5) is 30.1. The molecular formula is C25H34N2O3. The zero-order chi connectivity index (χ0) is 20.9. The second-order valence-corrected chi connectivity index (χ2v) is 9.00. The lowest BCUT2D eigenvalue weighted by molar-refractivity contribution is -0.141. The average molecular weight is 411 g/mol. The highest BCUT2D eigenvalue weighted by molar-refractivity contribution is 5.80. The Balaban J connectivity index is 1.33. The third-order valence-electron chi connectivity index (χ3n) is 7.02. The minimum Gasteiger partial charge on any atom is -0.497 e. The highest BCUT2D eigenvalue weighted by Gasteiger charge is 2.39. The number of ether oxygens (including phenoxy) is 1. The first-order chi connectivity index (χ1) is 14.6. The first-order valence-electron chi connectivity index (χ1n) is 11.5. The number of amides is 2. The second-order valence-electron chi connectivity index (χ2n) is 9.00. The van der Waals surface area contributed by atoms with Crippen LogP contribution >= 0.6 is 0 Å². The van der Waals surface area contributed by atoms with Crippen molar-refractivity contribution in [3.63, 3.8) is 0 Å². The van der Waals surface area contributed by atoms with Gasteiger partial charge < -0.3 is 14.5 Å². The van der Waals surface area contributed by atoms with Crippen LogP contribution < -0.4 is 4.74 Å². The number of fused-ring (bicyclic) bond motifs is 1. The van der Waals surface area contributed by atoms with Gasteiger partial charge in [0, 0.05) is 32.1 Å². The Morgan fingerprint density at radius 2 is 1.83 bits per heavy atom. The van der Waals surface area contributed by atoms with Gasteiger partial charge in [-0.15, -0.1) is 0 Å². The monoisotopic (exact) mass is 410 g/mol. The molecule has 2 fully saturated rings. The van der Waals surface area contributed by atoms with Gasteiger partial charge in [-0.05, 0) is 68.6 Å². The van der Waals surface area contributed by atoms with Crippen molar-refractivity contribution in [2.24, 2.45) is 5.92 Å². The van der Waals surface area contributed by atoms with E-state index >= 15 is 0 Å². The highest BCUT2D eigenvalue weighted by atomic mass is 16.5. The van der Waals surface area contributed by atoms with E-state index in [9.17, 15) is 9.59 Å². The van der Waals surface area contributed by atoms with Crippen LogP contribution in [0.5, 0.6) is 5.75 Å². The van der Waals surface area contributed by atoms with Crippen LogP contribution in [0.2, 0.25) is 0 Å². The van der Waals surface area contributed by atoms with Crippen LogP contribution in [0.1, 0.15) is 56.9 Å². The van der Waals surface area contributed by atoms with Crippen molar-refractivity contribution in [1.82, 2.24) is 9.80 Å². The number of methoxy groups -OCH3 is 1. The van der Waals surface area contributed by atoms with Gasteiger partial charge in [0.25, 0.3) is 0 Å². The van der Waals surface area contributed by atoms with Crippen molar-refractivity contribution < 1.29 is 14.3 Å². The Hall–Kier alpha value is -2.30. The molecule has 3 aliphatic rings. The Morgan fingerprint density at radius 3 is 2.57 bits per heavy atom. The van der Waals surface area contributed by atoms with E-state index in [0.29, 0.717) is 30.7 Å². The van der Waals surface area contributed by atoms with Crippen molar-refractivity contribution in [3.05, 3.63) is 41.5 Å². The Morgan fingerprint density at radius 1 is 1.00 bits per heavy atom. The molecule has 4 rings (SSSR count). The highest BCUT2D eigenvalue weighted by Crippen LogP contribution is 2.32. The van der Waals surface area contributed by atoms with Gasteiger partial charge in [0.05, 0.1) is 13.5 Å². The third-order valence-corrected chi connectivity index (χ3v) is 7.02. The second kappa shape index (κ2) is 9.67. The van der Waals surface area contributed by atoms with Crippen molar-refractivity contribution >= 4 is 11.8 Å². The third kappa shape index (κ3) is 4.88. The Bertz CT molecular complexity index is 786. The predicted molar refractivity (Wildman–Crippen MR) is 117 cm³/mol. The number of benzene rings is 1. The van der Waals surface area contributed by atoms with Gasteiger partial charge in [-0.25, -0.2) is 0 Å². The van der Waals surface area contributed by atoms with Gasteiger partial charge in [0.15, 0.2) is 0 Å². The summed E-state index contributed by atoms with van der Waals surface area (Å²) < 4.78 is 5.20. The van der Waals surface area contributed by atoms with Crippen LogP contribution in [-0.4, -0.2) is 54.4 Å². The number of piperidine rings is 2. The number of nitrogens with zero attached hydrogens (tertiary/aromatic N) is 2. The summed E-state index contributed by atoms with van der Waals surface area (Å²) in [6, 6.07) is 8.04. The molecule has 2 amide bonds. The van der Waals surface area contributed by atoms with Crippen molar-refractivity contribution in [1.29, 1.82) is 0 Å². The molecule has 5 heteroatoms. The summed E-state index contributed by atoms with van der Waals surface area (Å²) in [6.07, 6.45) is 11.1. The molecule has 0 N–H and O–H groups in total. The van der Waals surface area contributed by atoms with E-state index in [4.69, 9.17) is 4.74 Å². The van der Waals surface area contributed by atoms with Gasteiger partial charge in [0.2, 0.25) is 11.8 Å². The SMILES string of the molecule is COc1ccc(CC(=O)N2CC[C@@H]3[C@@H](CCCN3C(=O)CC3=CCCCC3)C2)cc1. The molecule has 0 radical (unpaired) electrons. The fourth-order valence-electron chi connectivity index (χ4n) is 5.33. The molecule has 5 nitrogen and oxygen atoms in total. The van der Waals surface area contributed by atoms with Crippen LogP contribution in [0.25, 0.3) is 0 Å². The first-order valence-corrected chi connectivity index (χ1v) is 11.5. The number of hydrogen-bond donors (Lipinski definition) is 0. The van der Waals surface area contributed by atoms with E-state index in [2.05, 4.69) is 11.0 Å².